The van der Waals surface area contributed by atoms with Crippen LogP contribution in [0.2, 0.25) is 0 Å². The Morgan fingerprint density at radius 1 is 0.593 bits per heavy atom. The molecule has 138 valence electrons. The molecule has 0 aliphatic rings. The summed E-state index contributed by atoms with van der Waals surface area (Å²) in [6, 6.07) is 6.19. The van der Waals surface area contributed by atoms with Crippen molar-refractivity contribution in [1.29, 1.82) is 0 Å². The van der Waals surface area contributed by atoms with E-state index in [1.807, 2.05) is 0 Å². The van der Waals surface area contributed by atoms with Crippen LogP contribution in [0.25, 0.3) is 0 Å². The Hall–Kier alpha value is -4.21. The third-order valence-electron chi connectivity index (χ3n) is 3.40. The van der Waals surface area contributed by atoms with Crippen molar-refractivity contribution >= 4 is 29.8 Å². The number of rotatable bonds is 6. The largest absolute Gasteiger partial charge is 0.478 e. The number of aromatic carboxylic acids is 4. The third-order valence-corrected chi connectivity index (χ3v) is 3.40. The summed E-state index contributed by atoms with van der Waals surface area (Å²) in [5.74, 6) is -8.57. The van der Waals surface area contributed by atoms with Crippen LogP contribution in [0.5, 0.6) is 5.75 Å². The molecular weight excluding hydrogens is 364 g/mol. The summed E-state index contributed by atoms with van der Waals surface area (Å²) in [4.78, 5) is 57.4. The summed E-state index contributed by atoms with van der Waals surface area (Å²) in [7, 11) is 0. The third kappa shape index (κ3) is 3.74. The van der Waals surface area contributed by atoms with Gasteiger partial charge in [0.05, 0.1) is 22.3 Å². The molecule has 0 atom stereocenters. The molecule has 0 radical (unpaired) electrons. The highest BCUT2D eigenvalue weighted by Gasteiger charge is 2.27. The SMILES string of the molecule is O=C(O)c1cccc(OC(=O)c2cccc(C(=O)O)c2C(=O)O)c1C(=O)O. The second-order valence-electron chi connectivity index (χ2n) is 5.02. The summed E-state index contributed by atoms with van der Waals surface area (Å²) in [5, 5.41) is 36.6. The zero-order valence-corrected chi connectivity index (χ0v) is 13.2. The predicted molar refractivity (Wildman–Crippen MR) is 85.7 cm³/mol. The van der Waals surface area contributed by atoms with Gasteiger partial charge in [0.25, 0.3) is 0 Å². The molecule has 2 rings (SSSR count). The first kappa shape index (κ1) is 19.1. The molecule has 0 heterocycles. The maximum Gasteiger partial charge on any atom is 0.344 e. The first-order chi connectivity index (χ1) is 12.6. The maximum atomic E-state index is 12.4. The van der Waals surface area contributed by atoms with Gasteiger partial charge in [-0.15, -0.1) is 0 Å². The molecule has 0 unspecified atom stereocenters. The maximum absolute atomic E-state index is 12.4. The number of carboxylic acid groups (broad SMARTS) is 4. The van der Waals surface area contributed by atoms with E-state index in [2.05, 4.69) is 0 Å². The second kappa shape index (κ2) is 7.35. The Labute approximate surface area is 149 Å². The van der Waals surface area contributed by atoms with Crippen molar-refractivity contribution in [3.05, 3.63) is 64.2 Å². The van der Waals surface area contributed by atoms with Gasteiger partial charge in [-0.1, -0.05) is 12.1 Å². The summed E-state index contributed by atoms with van der Waals surface area (Å²) < 4.78 is 4.87. The molecule has 0 saturated heterocycles. The van der Waals surface area contributed by atoms with Crippen LogP contribution in [0.3, 0.4) is 0 Å². The number of carbonyl (C=O) groups excluding carboxylic acids is 1. The standard InChI is InChI=1S/C17H10O10/c18-13(19)7-3-1-5-9(11(7)15(22)23)17(26)27-10-6-2-4-8(14(20)21)12(10)16(24)25/h1-6H,(H,18,19)(H,20,21)(H,22,23)(H,24,25). The summed E-state index contributed by atoms with van der Waals surface area (Å²) in [6.45, 7) is 0. The van der Waals surface area contributed by atoms with Gasteiger partial charge in [0.2, 0.25) is 0 Å². The van der Waals surface area contributed by atoms with E-state index >= 15 is 0 Å². The van der Waals surface area contributed by atoms with E-state index in [-0.39, 0.29) is 0 Å². The number of ether oxygens (including phenoxy) is 1. The molecule has 0 aliphatic carbocycles. The minimum atomic E-state index is -1.71. The molecule has 0 aromatic heterocycles. The van der Waals surface area contributed by atoms with Crippen molar-refractivity contribution in [2.24, 2.45) is 0 Å². The van der Waals surface area contributed by atoms with Crippen molar-refractivity contribution in [2.75, 3.05) is 0 Å². The number of hydrogen-bond donors (Lipinski definition) is 4. The van der Waals surface area contributed by atoms with E-state index in [4.69, 9.17) is 14.9 Å². The highest BCUT2D eigenvalue weighted by atomic mass is 16.5. The van der Waals surface area contributed by atoms with Crippen LogP contribution >= 0.6 is 0 Å². The second-order valence-corrected chi connectivity index (χ2v) is 5.02. The van der Waals surface area contributed by atoms with Gasteiger partial charge in [0, 0.05) is 0 Å². The minimum Gasteiger partial charge on any atom is -0.478 e. The van der Waals surface area contributed by atoms with E-state index < -0.39 is 63.4 Å². The van der Waals surface area contributed by atoms with E-state index in [9.17, 15) is 34.2 Å². The lowest BCUT2D eigenvalue weighted by Crippen LogP contribution is -2.19. The number of carboxylic acids is 4. The zero-order chi connectivity index (χ0) is 20.3. The Kier molecular flexibility index (Phi) is 5.21. The zero-order valence-electron chi connectivity index (χ0n) is 13.2. The molecule has 0 spiro atoms. The first-order valence-electron chi connectivity index (χ1n) is 7.06. The molecule has 4 N–H and O–H groups in total. The normalized spacial score (nSPS) is 10.1. The molecule has 0 amide bonds. The average molecular weight is 374 g/mol. The molecule has 0 saturated carbocycles. The van der Waals surface area contributed by atoms with Gasteiger partial charge in [-0.05, 0) is 24.3 Å². The molecular formula is C17H10O10. The first-order valence-corrected chi connectivity index (χ1v) is 7.06. The van der Waals surface area contributed by atoms with Crippen LogP contribution in [0.15, 0.2) is 36.4 Å². The van der Waals surface area contributed by atoms with E-state index in [0.29, 0.717) is 0 Å². The number of benzene rings is 2. The van der Waals surface area contributed by atoms with Crippen molar-refractivity contribution < 1.29 is 49.1 Å². The van der Waals surface area contributed by atoms with Gasteiger partial charge < -0.3 is 25.2 Å². The van der Waals surface area contributed by atoms with E-state index in [1.54, 1.807) is 0 Å². The highest BCUT2D eigenvalue weighted by Crippen LogP contribution is 2.25. The van der Waals surface area contributed by atoms with Crippen molar-refractivity contribution in [1.82, 2.24) is 0 Å². The molecule has 10 heteroatoms. The smallest absolute Gasteiger partial charge is 0.344 e. The van der Waals surface area contributed by atoms with Gasteiger partial charge in [0.15, 0.2) is 0 Å². The monoisotopic (exact) mass is 374 g/mol. The Balaban J connectivity index is 2.57. The van der Waals surface area contributed by atoms with Crippen LogP contribution in [-0.2, 0) is 0 Å². The summed E-state index contributed by atoms with van der Waals surface area (Å²) in [5.41, 5.74) is -3.62. The van der Waals surface area contributed by atoms with Crippen LogP contribution in [0, 0.1) is 0 Å². The molecule has 0 bridgehead atoms. The average Bonchev–Trinajstić information content (AvgIpc) is 2.60. The molecule has 2 aromatic rings. The van der Waals surface area contributed by atoms with Crippen LogP contribution in [0.4, 0.5) is 0 Å². The molecule has 27 heavy (non-hydrogen) atoms. The fourth-order valence-corrected chi connectivity index (χ4v) is 2.30. The number of carbonyl (C=O) groups is 5. The Bertz CT molecular complexity index is 989. The molecule has 0 aliphatic heterocycles. The fraction of sp³-hybridized carbons (Fsp3) is 0. The molecule has 10 nitrogen and oxygen atoms in total. The van der Waals surface area contributed by atoms with E-state index in [0.717, 1.165) is 36.4 Å². The van der Waals surface area contributed by atoms with Gasteiger partial charge in [-0.3, -0.25) is 0 Å². The van der Waals surface area contributed by atoms with E-state index in [1.165, 1.54) is 0 Å². The van der Waals surface area contributed by atoms with Gasteiger partial charge in [-0.25, -0.2) is 24.0 Å². The quantitative estimate of drug-likeness (QED) is 0.430. The summed E-state index contributed by atoms with van der Waals surface area (Å²) in [6.07, 6.45) is 0. The minimum absolute atomic E-state index is 0.635. The van der Waals surface area contributed by atoms with Crippen molar-refractivity contribution in [3.8, 4) is 5.75 Å². The molecule has 2 aromatic carbocycles. The van der Waals surface area contributed by atoms with Crippen molar-refractivity contribution in [2.45, 2.75) is 0 Å². The van der Waals surface area contributed by atoms with Crippen LogP contribution < -0.4 is 4.74 Å². The lowest BCUT2D eigenvalue weighted by atomic mass is 10.0. The Morgan fingerprint density at radius 2 is 1.04 bits per heavy atom. The predicted octanol–water partition coefficient (Wildman–Crippen LogP) is 1.70. The number of hydrogen-bond acceptors (Lipinski definition) is 6. The van der Waals surface area contributed by atoms with Gasteiger partial charge >= 0.3 is 29.8 Å². The van der Waals surface area contributed by atoms with Gasteiger partial charge in [-0.2, -0.15) is 0 Å². The van der Waals surface area contributed by atoms with Crippen LogP contribution in [-0.4, -0.2) is 50.3 Å². The highest BCUT2D eigenvalue weighted by molar-refractivity contribution is 6.10. The fourth-order valence-electron chi connectivity index (χ4n) is 2.30. The van der Waals surface area contributed by atoms with Gasteiger partial charge in [0.1, 0.15) is 11.3 Å². The number of esters is 1. The Morgan fingerprint density at radius 3 is 1.52 bits per heavy atom. The topological polar surface area (TPSA) is 175 Å². The lowest BCUT2D eigenvalue weighted by Gasteiger charge is -2.12. The van der Waals surface area contributed by atoms with Crippen molar-refractivity contribution in [3.63, 3.8) is 0 Å². The summed E-state index contributed by atoms with van der Waals surface area (Å²) >= 11 is 0. The lowest BCUT2D eigenvalue weighted by molar-refractivity contribution is 0.0628. The van der Waals surface area contributed by atoms with Crippen LogP contribution in [0.1, 0.15) is 51.8 Å². The molecule has 0 fully saturated rings.